The van der Waals surface area contributed by atoms with E-state index in [1.165, 1.54) is 4.31 Å². The molecule has 1 aromatic carbocycles. The summed E-state index contributed by atoms with van der Waals surface area (Å²) in [6.45, 7) is 6.32. The van der Waals surface area contributed by atoms with E-state index in [0.29, 0.717) is 25.2 Å². The Bertz CT molecular complexity index is 576. The molecule has 0 unspecified atom stereocenters. The molecule has 0 fully saturated rings. The smallest absolute Gasteiger partial charge is 0.280 e. The Hall–Kier alpha value is -1.11. The molecule has 1 aliphatic heterocycles. The lowest BCUT2D eigenvalue weighted by Gasteiger charge is -2.31. The van der Waals surface area contributed by atoms with Crippen LogP contribution in [0.5, 0.6) is 0 Å². The standard InChI is InChI=1S/C13H21N3O2S/c1-13(2,3)15-19(17,18)16-8-7-10-5-4-6-12(14)11(10)9-16/h4-6,15H,7-9,14H2,1-3H3. The van der Waals surface area contributed by atoms with Crippen molar-refractivity contribution in [1.29, 1.82) is 0 Å². The molecule has 1 aliphatic rings. The van der Waals surface area contributed by atoms with Crippen LogP contribution >= 0.6 is 0 Å². The van der Waals surface area contributed by atoms with Crippen LogP contribution in [0.2, 0.25) is 0 Å². The summed E-state index contributed by atoms with van der Waals surface area (Å²) in [5.74, 6) is 0. The molecular weight excluding hydrogens is 262 g/mol. The van der Waals surface area contributed by atoms with E-state index in [4.69, 9.17) is 5.73 Å². The maximum atomic E-state index is 12.3. The third-order valence-corrected chi connectivity index (χ3v) is 4.91. The summed E-state index contributed by atoms with van der Waals surface area (Å²) < 4.78 is 28.7. The molecular formula is C13H21N3O2S. The van der Waals surface area contributed by atoms with Gasteiger partial charge >= 0.3 is 0 Å². The lowest BCUT2D eigenvalue weighted by atomic mass is 10.00. The first-order valence-electron chi connectivity index (χ1n) is 6.34. The summed E-state index contributed by atoms with van der Waals surface area (Å²) in [7, 11) is -3.47. The van der Waals surface area contributed by atoms with Crippen molar-refractivity contribution in [1.82, 2.24) is 9.03 Å². The second-order valence-corrected chi connectivity index (χ2v) is 7.60. The Morgan fingerprint density at radius 2 is 2.00 bits per heavy atom. The maximum absolute atomic E-state index is 12.3. The molecule has 0 aromatic heterocycles. The first kappa shape index (κ1) is 14.3. The van der Waals surface area contributed by atoms with Gasteiger partial charge in [0, 0.05) is 24.3 Å². The Labute approximate surface area is 115 Å². The molecule has 0 bridgehead atoms. The lowest BCUT2D eigenvalue weighted by molar-refractivity contribution is 0.369. The molecule has 106 valence electrons. The zero-order chi connectivity index (χ0) is 14.3. The van der Waals surface area contributed by atoms with Crippen molar-refractivity contribution in [3.63, 3.8) is 0 Å². The number of hydrogen-bond donors (Lipinski definition) is 2. The molecule has 6 heteroatoms. The van der Waals surface area contributed by atoms with Crippen LogP contribution in [0, 0.1) is 0 Å². The summed E-state index contributed by atoms with van der Waals surface area (Å²) in [4.78, 5) is 0. The number of rotatable bonds is 2. The number of nitrogen functional groups attached to an aromatic ring is 1. The molecule has 0 spiro atoms. The predicted octanol–water partition coefficient (Wildman–Crippen LogP) is 1.26. The van der Waals surface area contributed by atoms with Crippen LogP contribution in [0.25, 0.3) is 0 Å². The Morgan fingerprint density at radius 3 is 2.63 bits per heavy atom. The lowest BCUT2D eigenvalue weighted by Crippen LogP contribution is -2.50. The van der Waals surface area contributed by atoms with E-state index in [1.807, 2.05) is 39.0 Å². The van der Waals surface area contributed by atoms with Crippen molar-refractivity contribution >= 4 is 15.9 Å². The van der Waals surface area contributed by atoms with Gasteiger partial charge in [0.05, 0.1) is 0 Å². The summed E-state index contributed by atoms with van der Waals surface area (Å²) in [5, 5.41) is 0. The first-order valence-corrected chi connectivity index (χ1v) is 7.78. The highest BCUT2D eigenvalue weighted by Crippen LogP contribution is 2.25. The van der Waals surface area contributed by atoms with Crippen LogP contribution in [-0.4, -0.2) is 24.8 Å². The van der Waals surface area contributed by atoms with Gasteiger partial charge in [0.25, 0.3) is 10.2 Å². The third kappa shape index (κ3) is 3.26. The predicted molar refractivity (Wildman–Crippen MR) is 76.8 cm³/mol. The molecule has 0 aliphatic carbocycles. The van der Waals surface area contributed by atoms with Gasteiger partial charge in [-0.2, -0.15) is 17.4 Å². The molecule has 0 saturated heterocycles. The number of nitrogens with zero attached hydrogens (tertiary/aromatic N) is 1. The van der Waals surface area contributed by atoms with Crippen LogP contribution < -0.4 is 10.5 Å². The number of fused-ring (bicyclic) bond motifs is 1. The highest BCUT2D eigenvalue weighted by molar-refractivity contribution is 7.87. The molecule has 1 aromatic rings. The van der Waals surface area contributed by atoms with E-state index in [0.717, 1.165) is 11.1 Å². The van der Waals surface area contributed by atoms with Gasteiger partial charge in [-0.15, -0.1) is 0 Å². The van der Waals surface area contributed by atoms with Gasteiger partial charge in [-0.25, -0.2) is 0 Å². The monoisotopic (exact) mass is 283 g/mol. The van der Waals surface area contributed by atoms with Crippen molar-refractivity contribution in [3.05, 3.63) is 29.3 Å². The zero-order valence-electron chi connectivity index (χ0n) is 11.6. The van der Waals surface area contributed by atoms with Crippen LogP contribution in [-0.2, 0) is 23.2 Å². The highest BCUT2D eigenvalue weighted by Gasteiger charge is 2.30. The summed E-state index contributed by atoms with van der Waals surface area (Å²) in [6, 6.07) is 5.73. The molecule has 0 amide bonds. The summed E-state index contributed by atoms with van der Waals surface area (Å²) in [5.41, 5.74) is 8.17. The number of anilines is 1. The minimum Gasteiger partial charge on any atom is -0.398 e. The molecule has 5 nitrogen and oxygen atoms in total. The Kier molecular flexibility index (Phi) is 3.59. The van der Waals surface area contributed by atoms with Crippen molar-refractivity contribution in [2.45, 2.75) is 39.3 Å². The van der Waals surface area contributed by atoms with Gasteiger partial charge in [-0.05, 0) is 44.4 Å². The van der Waals surface area contributed by atoms with Crippen LogP contribution in [0.3, 0.4) is 0 Å². The van der Waals surface area contributed by atoms with E-state index < -0.39 is 15.7 Å². The fourth-order valence-corrected chi connectivity index (χ4v) is 3.77. The van der Waals surface area contributed by atoms with Gasteiger partial charge in [0.2, 0.25) is 0 Å². The zero-order valence-corrected chi connectivity index (χ0v) is 12.4. The topological polar surface area (TPSA) is 75.4 Å². The largest absolute Gasteiger partial charge is 0.398 e. The summed E-state index contributed by atoms with van der Waals surface area (Å²) >= 11 is 0. The van der Waals surface area contributed by atoms with Crippen molar-refractivity contribution in [3.8, 4) is 0 Å². The Morgan fingerprint density at radius 1 is 1.32 bits per heavy atom. The molecule has 0 radical (unpaired) electrons. The van der Waals surface area contributed by atoms with Gasteiger partial charge in [0.15, 0.2) is 0 Å². The minimum atomic E-state index is -3.47. The fourth-order valence-electron chi connectivity index (χ4n) is 2.24. The van der Waals surface area contributed by atoms with E-state index in [-0.39, 0.29) is 0 Å². The maximum Gasteiger partial charge on any atom is 0.280 e. The fraction of sp³-hybridized carbons (Fsp3) is 0.538. The van der Waals surface area contributed by atoms with Crippen molar-refractivity contribution < 1.29 is 8.42 Å². The van der Waals surface area contributed by atoms with E-state index in [9.17, 15) is 8.42 Å². The number of benzene rings is 1. The first-order chi connectivity index (χ1) is 8.69. The van der Waals surface area contributed by atoms with Crippen molar-refractivity contribution in [2.75, 3.05) is 12.3 Å². The summed E-state index contributed by atoms with van der Waals surface area (Å²) in [6.07, 6.45) is 0.700. The van der Waals surface area contributed by atoms with E-state index in [1.54, 1.807) is 0 Å². The normalized spacial score (nSPS) is 17.2. The van der Waals surface area contributed by atoms with Crippen LogP contribution in [0.15, 0.2) is 18.2 Å². The van der Waals surface area contributed by atoms with Crippen LogP contribution in [0.4, 0.5) is 5.69 Å². The molecule has 2 rings (SSSR count). The number of hydrogen-bond acceptors (Lipinski definition) is 3. The van der Waals surface area contributed by atoms with Crippen molar-refractivity contribution in [2.24, 2.45) is 0 Å². The van der Waals surface area contributed by atoms with Crippen LogP contribution in [0.1, 0.15) is 31.9 Å². The van der Waals surface area contributed by atoms with Gasteiger partial charge < -0.3 is 5.73 Å². The quantitative estimate of drug-likeness (QED) is 0.802. The second-order valence-electron chi connectivity index (χ2n) is 5.93. The van der Waals surface area contributed by atoms with Gasteiger partial charge in [-0.3, -0.25) is 0 Å². The van der Waals surface area contributed by atoms with Gasteiger partial charge in [-0.1, -0.05) is 12.1 Å². The third-order valence-electron chi connectivity index (χ3n) is 3.05. The molecule has 19 heavy (non-hydrogen) atoms. The average Bonchev–Trinajstić information content (AvgIpc) is 2.26. The molecule has 0 saturated carbocycles. The van der Waals surface area contributed by atoms with Gasteiger partial charge in [0.1, 0.15) is 0 Å². The number of nitrogens with two attached hydrogens (primary N) is 1. The molecule has 3 N–H and O–H groups in total. The second kappa shape index (κ2) is 4.77. The minimum absolute atomic E-state index is 0.341. The average molecular weight is 283 g/mol. The number of nitrogens with one attached hydrogen (secondary N) is 1. The molecule has 1 heterocycles. The van der Waals surface area contributed by atoms with E-state index >= 15 is 0 Å². The SMILES string of the molecule is CC(C)(C)NS(=O)(=O)N1CCc2cccc(N)c2C1. The van der Waals surface area contributed by atoms with E-state index in [2.05, 4.69) is 4.72 Å². The highest BCUT2D eigenvalue weighted by atomic mass is 32.2. The Balaban J connectivity index is 2.25. The molecule has 0 atom stereocenters.